The average Bonchev–Trinajstić information content (AvgIpc) is 2.25. The summed E-state index contributed by atoms with van der Waals surface area (Å²) in [4.78, 5) is 2.23. The van der Waals surface area contributed by atoms with Gasteiger partial charge in [-0.1, -0.05) is 31.5 Å². The molecule has 0 radical (unpaired) electrons. The van der Waals surface area contributed by atoms with E-state index in [1.54, 1.807) is 0 Å². The molecule has 2 heteroatoms. The number of nitrogens with zero attached hydrogens (tertiary/aromatic N) is 1. The van der Waals surface area contributed by atoms with Crippen LogP contribution in [-0.2, 0) is 6.61 Å². The molecule has 2 nitrogen and oxygen atoms in total. The van der Waals surface area contributed by atoms with Crippen LogP contribution >= 0.6 is 0 Å². The van der Waals surface area contributed by atoms with Gasteiger partial charge in [-0.25, -0.2) is 0 Å². The highest BCUT2D eigenvalue weighted by Gasteiger charge is 2.07. The van der Waals surface area contributed by atoms with Crippen molar-refractivity contribution >= 4 is 5.69 Å². The number of anilines is 1. The smallest absolute Gasteiger partial charge is 0.0702 e. The van der Waals surface area contributed by atoms with Gasteiger partial charge in [0.25, 0.3) is 0 Å². The Morgan fingerprint density at radius 2 is 2.00 bits per heavy atom. The fourth-order valence-corrected chi connectivity index (χ4v) is 1.79. The topological polar surface area (TPSA) is 23.5 Å². The van der Waals surface area contributed by atoms with E-state index in [-0.39, 0.29) is 6.61 Å². The second kappa shape index (κ2) is 5.90. The van der Waals surface area contributed by atoms with Crippen molar-refractivity contribution in [1.29, 1.82) is 0 Å². The Hall–Kier alpha value is -1.02. The molecular weight excluding hydrogens is 198 g/mol. The van der Waals surface area contributed by atoms with Crippen LogP contribution in [0.25, 0.3) is 0 Å². The number of rotatable bonds is 5. The van der Waals surface area contributed by atoms with Crippen molar-refractivity contribution in [3.63, 3.8) is 0 Å². The maximum atomic E-state index is 9.34. The van der Waals surface area contributed by atoms with E-state index in [1.807, 2.05) is 0 Å². The van der Waals surface area contributed by atoms with Crippen molar-refractivity contribution in [1.82, 2.24) is 0 Å². The number of hydrogen-bond donors (Lipinski definition) is 1. The highest BCUT2D eigenvalue weighted by atomic mass is 16.3. The Balaban J connectivity index is 2.77. The van der Waals surface area contributed by atoms with E-state index in [1.165, 1.54) is 12.0 Å². The third-order valence-corrected chi connectivity index (χ3v) is 2.86. The first-order chi connectivity index (χ1) is 7.54. The molecule has 0 aromatic heterocycles. The maximum Gasteiger partial charge on any atom is 0.0702 e. The molecule has 0 aliphatic heterocycles. The summed E-state index contributed by atoms with van der Waals surface area (Å²) in [6.45, 7) is 7.67. The van der Waals surface area contributed by atoms with Gasteiger partial charge in [0.1, 0.15) is 0 Å². The van der Waals surface area contributed by atoms with Crippen molar-refractivity contribution in [2.75, 3.05) is 18.5 Å². The zero-order valence-electron chi connectivity index (χ0n) is 10.8. The number of aliphatic hydroxyl groups excluding tert-OH is 1. The molecule has 0 heterocycles. The van der Waals surface area contributed by atoms with Gasteiger partial charge < -0.3 is 10.0 Å². The van der Waals surface area contributed by atoms with E-state index < -0.39 is 0 Å². The third kappa shape index (κ3) is 3.53. The largest absolute Gasteiger partial charge is 0.392 e. The highest BCUT2D eigenvalue weighted by molar-refractivity contribution is 5.54. The fraction of sp³-hybridized carbons (Fsp3) is 0.571. The normalized spacial score (nSPS) is 10.9. The molecule has 0 atom stereocenters. The second-order valence-electron chi connectivity index (χ2n) is 4.89. The minimum Gasteiger partial charge on any atom is -0.392 e. The first kappa shape index (κ1) is 13.0. The molecule has 0 fully saturated rings. The number of hydrogen-bond acceptors (Lipinski definition) is 2. The van der Waals surface area contributed by atoms with Crippen molar-refractivity contribution in [2.45, 2.75) is 33.8 Å². The van der Waals surface area contributed by atoms with E-state index in [2.05, 4.69) is 50.9 Å². The van der Waals surface area contributed by atoms with Crippen LogP contribution in [0.1, 0.15) is 31.4 Å². The van der Waals surface area contributed by atoms with Crippen molar-refractivity contribution in [3.8, 4) is 0 Å². The van der Waals surface area contributed by atoms with Gasteiger partial charge in [0.05, 0.1) is 6.61 Å². The van der Waals surface area contributed by atoms with Crippen LogP contribution in [0.4, 0.5) is 5.69 Å². The lowest BCUT2D eigenvalue weighted by Gasteiger charge is -2.23. The third-order valence-electron chi connectivity index (χ3n) is 2.86. The van der Waals surface area contributed by atoms with Crippen molar-refractivity contribution in [2.24, 2.45) is 5.92 Å². The van der Waals surface area contributed by atoms with E-state index in [4.69, 9.17) is 0 Å². The van der Waals surface area contributed by atoms with Gasteiger partial charge in [-0.15, -0.1) is 0 Å². The molecule has 1 N–H and O–H groups in total. The number of benzene rings is 1. The van der Waals surface area contributed by atoms with Gasteiger partial charge in [-0.3, -0.25) is 0 Å². The minimum atomic E-state index is 0.114. The van der Waals surface area contributed by atoms with Crippen molar-refractivity contribution in [3.05, 3.63) is 29.3 Å². The first-order valence-corrected chi connectivity index (χ1v) is 5.96. The van der Waals surface area contributed by atoms with Gasteiger partial charge in [-0.2, -0.15) is 0 Å². The summed E-state index contributed by atoms with van der Waals surface area (Å²) in [5, 5.41) is 9.34. The van der Waals surface area contributed by atoms with Gasteiger partial charge in [0, 0.05) is 24.8 Å². The van der Waals surface area contributed by atoms with Crippen molar-refractivity contribution < 1.29 is 5.11 Å². The fourth-order valence-electron chi connectivity index (χ4n) is 1.79. The van der Waals surface area contributed by atoms with E-state index in [0.29, 0.717) is 5.92 Å². The molecule has 1 aromatic carbocycles. The van der Waals surface area contributed by atoms with Crippen LogP contribution < -0.4 is 4.90 Å². The maximum absolute atomic E-state index is 9.34. The number of aliphatic hydroxyl groups is 1. The zero-order valence-corrected chi connectivity index (χ0v) is 10.8. The molecule has 0 saturated carbocycles. The van der Waals surface area contributed by atoms with E-state index in [9.17, 15) is 5.11 Å². The van der Waals surface area contributed by atoms with Crippen LogP contribution in [0.15, 0.2) is 18.2 Å². The molecule has 90 valence electrons. The molecule has 0 spiro atoms. The molecular formula is C14H23NO. The summed E-state index contributed by atoms with van der Waals surface area (Å²) >= 11 is 0. The molecule has 1 aromatic rings. The molecule has 0 aliphatic carbocycles. The molecule has 0 aliphatic rings. The summed E-state index contributed by atoms with van der Waals surface area (Å²) in [7, 11) is 2.09. The first-order valence-electron chi connectivity index (χ1n) is 5.96. The lowest BCUT2D eigenvalue weighted by Crippen LogP contribution is -2.21. The standard InChI is InChI=1S/C14H23NO/c1-11(2)7-8-15(4)14-6-5-12(3)9-13(14)10-16/h5-6,9,11,16H,7-8,10H2,1-4H3. The van der Waals surface area contributed by atoms with Gasteiger partial charge >= 0.3 is 0 Å². The van der Waals surface area contributed by atoms with Gasteiger partial charge in [0.2, 0.25) is 0 Å². The second-order valence-corrected chi connectivity index (χ2v) is 4.89. The monoisotopic (exact) mass is 221 g/mol. The SMILES string of the molecule is Cc1ccc(N(C)CCC(C)C)c(CO)c1. The Morgan fingerprint density at radius 3 is 2.56 bits per heavy atom. The Bertz CT molecular complexity index is 334. The molecule has 0 unspecified atom stereocenters. The number of aryl methyl sites for hydroxylation is 1. The minimum absolute atomic E-state index is 0.114. The molecule has 0 saturated heterocycles. The quantitative estimate of drug-likeness (QED) is 0.826. The van der Waals surface area contributed by atoms with Crippen LogP contribution in [0.2, 0.25) is 0 Å². The molecule has 0 amide bonds. The van der Waals surface area contributed by atoms with Gasteiger partial charge in [0.15, 0.2) is 0 Å². The van der Waals surface area contributed by atoms with Crippen LogP contribution in [-0.4, -0.2) is 18.7 Å². The van der Waals surface area contributed by atoms with Crippen LogP contribution in [0.3, 0.4) is 0 Å². The summed E-state index contributed by atoms with van der Waals surface area (Å²) in [6.07, 6.45) is 1.18. The van der Waals surface area contributed by atoms with Crippen LogP contribution in [0.5, 0.6) is 0 Å². The summed E-state index contributed by atoms with van der Waals surface area (Å²) in [5.41, 5.74) is 3.37. The molecule has 0 bridgehead atoms. The Morgan fingerprint density at radius 1 is 1.31 bits per heavy atom. The average molecular weight is 221 g/mol. The van der Waals surface area contributed by atoms with Crippen LogP contribution in [0, 0.1) is 12.8 Å². The van der Waals surface area contributed by atoms with Gasteiger partial charge in [-0.05, 0) is 25.3 Å². The summed E-state index contributed by atoms with van der Waals surface area (Å²) in [5.74, 6) is 0.713. The summed E-state index contributed by atoms with van der Waals surface area (Å²) in [6, 6.07) is 6.25. The summed E-state index contributed by atoms with van der Waals surface area (Å²) < 4.78 is 0. The predicted octanol–water partition coefficient (Wildman–Crippen LogP) is 2.97. The Kier molecular flexibility index (Phi) is 4.81. The van der Waals surface area contributed by atoms with E-state index in [0.717, 1.165) is 17.8 Å². The lowest BCUT2D eigenvalue weighted by molar-refractivity contribution is 0.282. The van der Waals surface area contributed by atoms with E-state index >= 15 is 0 Å². The Labute approximate surface area is 98.9 Å². The lowest BCUT2D eigenvalue weighted by atomic mass is 10.1. The predicted molar refractivity (Wildman–Crippen MR) is 69.8 cm³/mol. The highest BCUT2D eigenvalue weighted by Crippen LogP contribution is 2.21. The molecule has 16 heavy (non-hydrogen) atoms. The zero-order chi connectivity index (χ0) is 12.1. The molecule has 1 rings (SSSR count).